The van der Waals surface area contributed by atoms with Crippen LogP contribution in [0.15, 0.2) is 18.2 Å². The normalized spacial score (nSPS) is 22.4. The number of ketones is 1. The fourth-order valence-corrected chi connectivity index (χ4v) is 2.89. The van der Waals surface area contributed by atoms with E-state index in [0.717, 1.165) is 32.2 Å². The summed E-state index contributed by atoms with van der Waals surface area (Å²) in [6.45, 7) is 0.733. The van der Waals surface area contributed by atoms with E-state index in [2.05, 4.69) is 0 Å². The number of rotatable bonds is 5. The van der Waals surface area contributed by atoms with Gasteiger partial charge in [0.15, 0.2) is 17.3 Å². The minimum absolute atomic E-state index is 0.121. The molecule has 1 aromatic rings. The number of carbonyl (C=O) groups excluding carboxylic acids is 1. The number of methoxy groups -OCH3 is 2. The molecule has 0 radical (unpaired) electrons. The van der Waals surface area contributed by atoms with E-state index in [9.17, 15) is 4.79 Å². The fraction of sp³-hybridized carbons (Fsp3) is 0.562. The zero-order valence-corrected chi connectivity index (χ0v) is 12.2. The molecule has 1 aromatic carbocycles. The van der Waals surface area contributed by atoms with Crippen LogP contribution in [0.5, 0.6) is 11.5 Å². The van der Waals surface area contributed by atoms with Gasteiger partial charge in [-0.3, -0.25) is 4.79 Å². The first-order valence-corrected chi connectivity index (χ1v) is 7.16. The molecule has 0 spiro atoms. The van der Waals surface area contributed by atoms with Crippen molar-refractivity contribution in [2.75, 3.05) is 20.8 Å². The van der Waals surface area contributed by atoms with Crippen molar-refractivity contribution in [1.29, 1.82) is 0 Å². The molecule has 2 rings (SSSR count). The monoisotopic (exact) mass is 277 g/mol. The van der Waals surface area contributed by atoms with Gasteiger partial charge in [0.05, 0.1) is 14.2 Å². The van der Waals surface area contributed by atoms with Crippen LogP contribution in [0.1, 0.15) is 36.0 Å². The summed E-state index contributed by atoms with van der Waals surface area (Å²) in [7, 11) is 3.17. The zero-order chi connectivity index (χ0) is 14.5. The van der Waals surface area contributed by atoms with Gasteiger partial charge in [-0.2, -0.15) is 0 Å². The number of Topliss-reactive ketones (excluding diaryl/α,β-unsaturated/α-hetero) is 1. The minimum atomic E-state index is 0.121. The van der Waals surface area contributed by atoms with Gasteiger partial charge in [0.2, 0.25) is 0 Å². The Bertz CT molecular complexity index is 465. The van der Waals surface area contributed by atoms with Gasteiger partial charge in [-0.15, -0.1) is 0 Å². The molecule has 2 N–H and O–H groups in total. The molecule has 0 amide bonds. The maximum absolute atomic E-state index is 12.5. The highest BCUT2D eigenvalue weighted by Crippen LogP contribution is 2.33. The standard InChI is InChI=1S/C16H23NO3/c1-19-14-8-7-13(9-15(14)20-2)16(18)12-5-3-11(10-17)4-6-12/h7-9,11-12H,3-6,10,17H2,1-2H3. The molecule has 0 bridgehead atoms. The first kappa shape index (κ1) is 14.9. The highest BCUT2D eigenvalue weighted by molar-refractivity contribution is 5.98. The summed E-state index contributed by atoms with van der Waals surface area (Å²) in [4.78, 5) is 12.5. The molecule has 4 nitrogen and oxygen atoms in total. The maximum Gasteiger partial charge on any atom is 0.166 e. The van der Waals surface area contributed by atoms with Crippen LogP contribution in [0.25, 0.3) is 0 Å². The van der Waals surface area contributed by atoms with E-state index in [0.29, 0.717) is 23.0 Å². The van der Waals surface area contributed by atoms with Gasteiger partial charge < -0.3 is 15.2 Å². The third-order valence-electron chi connectivity index (χ3n) is 4.22. The average Bonchev–Trinajstić information content (AvgIpc) is 2.53. The van der Waals surface area contributed by atoms with Crippen molar-refractivity contribution < 1.29 is 14.3 Å². The van der Waals surface area contributed by atoms with Crippen LogP contribution in [-0.4, -0.2) is 26.5 Å². The summed E-state index contributed by atoms with van der Waals surface area (Å²) in [5.74, 6) is 2.17. The Morgan fingerprint density at radius 1 is 1.15 bits per heavy atom. The molecule has 1 saturated carbocycles. The molecule has 0 unspecified atom stereocenters. The Labute approximate surface area is 120 Å². The molecule has 0 atom stereocenters. The number of nitrogens with two attached hydrogens (primary N) is 1. The third kappa shape index (κ3) is 3.12. The van der Waals surface area contributed by atoms with E-state index in [1.165, 1.54) is 0 Å². The maximum atomic E-state index is 12.5. The number of ether oxygens (including phenoxy) is 2. The molecule has 4 heteroatoms. The Hall–Kier alpha value is -1.55. The second-order valence-corrected chi connectivity index (χ2v) is 5.39. The lowest BCUT2D eigenvalue weighted by Crippen LogP contribution is -2.25. The van der Waals surface area contributed by atoms with E-state index >= 15 is 0 Å². The van der Waals surface area contributed by atoms with Crippen LogP contribution in [-0.2, 0) is 0 Å². The van der Waals surface area contributed by atoms with Gasteiger partial charge in [-0.05, 0) is 56.3 Å². The van der Waals surface area contributed by atoms with Crippen molar-refractivity contribution in [3.63, 3.8) is 0 Å². The van der Waals surface area contributed by atoms with E-state index in [1.54, 1.807) is 26.4 Å². The lowest BCUT2D eigenvalue weighted by Gasteiger charge is -2.26. The Morgan fingerprint density at radius 3 is 2.35 bits per heavy atom. The molecule has 110 valence electrons. The molecule has 1 fully saturated rings. The topological polar surface area (TPSA) is 61.5 Å². The van der Waals surface area contributed by atoms with Crippen molar-refractivity contribution in [1.82, 2.24) is 0 Å². The summed E-state index contributed by atoms with van der Waals surface area (Å²) < 4.78 is 10.4. The highest BCUT2D eigenvalue weighted by Gasteiger charge is 2.26. The quantitative estimate of drug-likeness (QED) is 0.840. The Morgan fingerprint density at radius 2 is 1.80 bits per heavy atom. The van der Waals surface area contributed by atoms with Gasteiger partial charge in [0.25, 0.3) is 0 Å². The van der Waals surface area contributed by atoms with Gasteiger partial charge in [-0.1, -0.05) is 0 Å². The number of carbonyl (C=O) groups is 1. The summed E-state index contributed by atoms with van der Waals surface area (Å²) >= 11 is 0. The van der Waals surface area contributed by atoms with Gasteiger partial charge in [-0.25, -0.2) is 0 Å². The second kappa shape index (κ2) is 6.75. The summed E-state index contributed by atoms with van der Waals surface area (Å²) in [6.07, 6.45) is 3.99. The smallest absolute Gasteiger partial charge is 0.166 e. The molecule has 1 aliphatic rings. The molecule has 0 aromatic heterocycles. The average molecular weight is 277 g/mol. The predicted octanol–water partition coefficient (Wildman–Crippen LogP) is 2.65. The Kier molecular flexibility index (Phi) is 5.01. The number of hydrogen-bond donors (Lipinski definition) is 1. The summed E-state index contributed by atoms with van der Waals surface area (Å²) in [6, 6.07) is 5.38. The fourth-order valence-electron chi connectivity index (χ4n) is 2.89. The molecular formula is C16H23NO3. The molecule has 20 heavy (non-hydrogen) atoms. The Balaban J connectivity index is 2.09. The van der Waals surface area contributed by atoms with Crippen molar-refractivity contribution >= 4 is 5.78 Å². The first-order chi connectivity index (χ1) is 9.69. The van der Waals surface area contributed by atoms with Gasteiger partial charge in [0, 0.05) is 11.5 Å². The zero-order valence-electron chi connectivity index (χ0n) is 12.2. The van der Waals surface area contributed by atoms with E-state index in [1.807, 2.05) is 6.07 Å². The van der Waals surface area contributed by atoms with Crippen molar-refractivity contribution in [3.05, 3.63) is 23.8 Å². The lowest BCUT2D eigenvalue weighted by atomic mass is 9.78. The van der Waals surface area contributed by atoms with E-state index in [4.69, 9.17) is 15.2 Å². The number of benzene rings is 1. The van der Waals surface area contributed by atoms with Gasteiger partial charge >= 0.3 is 0 Å². The van der Waals surface area contributed by atoms with Gasteiger partial charge in [0.1, 0.15) is 0 Å². The first-order valence-electron chi connectivity index (χ1n) is 7.16. The van der Waals surface area contributed by atoms with Crippen LogP contribution in [0.3, 0.4) is 0 Å². The second-order valence-electron chi connectivity index (χ2n) is 5.39. The van der Waals surface area contributed by atoms with Crippen molar-refractivity contribution in [2.45, 2.75) is 25.7 Å². The third-order valence-corrected chi connectivity index (χ3v) is 4.22. The van der Waals surface area contributed by atoms with Crippen LogP contribution >= 0.6 is 0 Å². The summed E-state index contributed by atoms with van der Waals surface area (Å²) in [5, 5.41) is 0. The molecular weight excluding hydrogens is 254 g/mol. The van der Waals surface area contributed by atoms with Crippen LogP contribution in [0, 0.1) is 11.8 Å². The largest absolute Gasteiger partial charge is 0.493 e. The SMILES string of the molecule is COc1ccc(C(=O)C2CCC(CN)CC2)cc1OC. The molecule has 0 aliphatic heterocycles. The highest BCUT2D eigenvalue weighted by atomic mass is 16.5. The van der Waals surface area contributed by atoms with Crippen LogP contribution < -0.4 is 15.2 Å². The lowest BCUT2D eigenvalue weighted by molar-refractivity contribution is 0.0873. The molecule has 0 saturated heterocycles. The molecule has 0 heterocycles. The van der Waals surface area contributed by atoms with Crippen LogP contribution in [0.4, 0.5) is 0 Å². The summed E-state index contributed by atoms with van der Waals surface area (Å²) in [5.41, 5.74) is 6.40. The minimum Gasteiger partial charge on any atom is -0.493 e. The van der Waals surface area contributed by atoms with Crippen LogP contribution in [0.2, 0.25) is 0 Å². The van der Waals surface area contributed by atoms with E-state index in [-0.39, 0.29) is 11.7 Å². The van der Waals surface area contributed by atoms with E-state index < -0.39 is 0 Å². The van der Waals surface area contributed by atoms with Crippen molar-refractivity contribution in [2.24, 2.45) is 17.6 Å². The number of hydrogen-bond acceptors (Lipinski definition) is 4. The molecule has 1 aliphatic carbocycles. The van der Waals surface area contributed by atoms with Crippen molar-refractivity contribution in [3.8, 4) is 11.5 Å². The predicted molar refractivity (Wildman–Crippen MR) is 78.4 cm³/mol.